The van der Waals surface area contributed by atoms with E-state index in [0.717, 1.165) is 51.6 Å². The number of amides is 2. The van der Waals surface area contributed by atoms with Crippen molar-refractivity contribution in [3.05, 3.63) is 36.0 Å². The summed E-state index contributed by atoms with van der Waals surface area (Å²) in [5, 5.41) is 3.08. The van der Waals surface area contributed by atoms with Gasteiger partial charge in [0.25, 0.3) is 0 Å². The molecule has 0 unspecified atom stereocenters. The first-order valence-electron chi connectivity index (χ1n) is 13.0. The Labute approximate surface area is 210 Å². The monoisotopic (exact) mass is 488 g/mol. The molecule has 3 rings (SSSR count). The van der Waals surface area contributed by atoms with Gasteiger partial charge in [0.1, 0.15) is 6.10 Å². The Hall–Kier alpha value is -2.12. The zero-order valence-electron chi connectivity index (χ0n) is 22.3. The van der Waals surface area contributed by atoms with Crippen LogP contribution in [0, 0.1) is 5.92 Å². The van der Waals surface area contributed by atoms with Crippen LogP contribution in [0.3, 0.4) is 0 Å². The summed E-state index contributed by atoms with van der Waals surface area (Å²) in [6.07, 6.45) is 16.2. The van der Waals surface area contributed by atoms with E-state index in [-0.39, 0.29) is 29.3 Å². The number of hydrogen-bond donors (Lipinski definition) is 1. The van der Waals surface area contributed by atoms with E-state index < -0.39 is 12.2 Å². The molecule has 1 spiro atoms. The quantitative estimate of drug-likeness (QED) is 0.298. The highest BCUT2D eigenvalue weighted by Gasteiger charge is 2.53. The van der Waals surface area contributed by atoms with E-state index in [1.165, 1.54) is 16.5 Å². The highest BCUT2D eigenvalue weighted by atomic mass is 16.6. The molecule has 2 aliphatic heterocycles. The molecule has 1 N–H and O–H groups in total. The maximum Gasteiger partial charge on any atom is 0.409 e. The molecule has 3 fully saturated rings. The molecule has 7 heteroatoms. The zero-order valence-corrected chi connectivity index (χ0v) is 22.3. The van der Waals surface area contributed by atoms with Gasteiger partial charge in [0.05, 0.1) is 23.9 Å². The van der Waals surface area contributed by atoms with E-state index in [1.54, 1.807) is 27.1 Å². The minimum absolute atomic E-state index is 0.0510. The van der Waals surface area contributed by atoms with Crippen LogP contribution in [0.4, 0.5) is 4.79 Å². The van der Waals surface area contributed by atoms with E-state index in [4.69, 9.17) is 14.2 Å². The van der Waals surface area contributed by atoms with Crippen LogP contribution in [-0.2, 0) is 19.0 Å². The lowest BCUT2D eigenvalue weighted by molar-refractivity contribution is -0.117. The first-order chi connectivity index (χ1) is 16.5. The van der Waals surface area contributed by atoms with Crippen LogP contribution in [-0.4, -0.2) is 67.1 Å². The smallest absolute Gasteiger partial charge is 0.409 e. The van der Waals surface area contributed by atoms with E-state index >= 15 is 0 Å². The molecule has 3 aliphatic rings. The fraction of sp³-hybridized carbons (Fsp3) is 0.714. The number of nitrogens with zero attached hydrogens (tertiary/aromatic N) is 1. The molecule has 35 heavy (non-hydrogen) atoms. The third-order valence-electron chi connectivity index (χ3n) is 7.05. The molecule has 0 bridgehead atoms. The minimum atomic E-state index is -0.449. The SMILES string of the molecule is CC(/C=C/[C@@H]1C[C@]2(CO2)CC(C)(C)O1)=C\CC1CCC(NC(=O)/C=C\[C@H](C)OC(=O)N(C)C)CC1. The van der Waals surface area contributed by atoms with Gasteiger partial charge in [-0.2, -0.15) is 0 Å². The predicted octanol–water partition coefficient (Wildman–Crippen LogP) is 4.92. The third-order valence-corrected chi connectivity index (χ3v) is 7.05. The largest absolute Gasteiger partial charge is 0.442 e. The second-order valence-electron chi connectivity index (χ2n) is 11.4. The number of ether oxygens (including phenoxy) is 3. The molecular weight excluding hydrogens is 444 g/mol. The van der Waals surface area contributed by atoms with Gasteiger partial charge in [0, 0.05) is 39.1 Å². The van der Waals surface area contributed by atoms with E-state index in [1.807, 2.05) is 0 Å². The number of nitrogens with one attached hydrogen (secondary N) is 1. The third kappa shape index (κ3) is 9.12. The summed E-state index contributed by atoms with van der Waals surface area (Å²) < 4.78 is 17.2. The number of carbonyl (C=O) groups excluding carboxylic acids is 2. The van der Waals surface area contributed by atoms with E-state index in [0.29, 0.717) is 5.92 Å². The molecular formula is C28H44N2O5. The lowest BCUT2D eigenvalue weighted by Crippen LogP contribution is -2.43. The maximum absolute atomic E-state index is 12.2. The van der Waals surface area contributed by atoms with Crippen molar-refractivity contribution in [2.45, 2.75) is 102 Å². The van der Waals surface area contributed by atoms with Crippen molar-refractivity contribution in [1.29, 1.82) is 0 Å². The Morgan fingerprint density at radius 3 is 2.49 bits per heavy atom. The number of allylic oxidation sites excluding steroid dienone is 3. The second-order valence-corrected chi connectivity index (χ2v) is 11.4. The minimum Gasteiger partial charge on any atom is -0.442 e. The Balaban J connectivity index is 1.35. The summed E-state index contributed by atoms with van der Waals surface area (Å²) in [6.45, 7) is 9.06. The van der Waals surface area contributed by atoms with Gasteiger partial charge in [0.2, 0.25) is 5.91 Å². The molecule has 2 amide bonds. The summed E-state index contributed by atoms with van der Waals surface area (Å²) in [5.41, 5.74) is 1.19. The van der Waals surface area contributed by atoms with E-state index in [2.05, 4.69) is 44.3 Å². The van der Waals surface area contributed by atoms with Gasteiger partial charge in [-0.15, -0.1) is 0 Å². The van der Waals surface area contributed by atoms with Gasteiger partial charge >= 0.3 is 6.09 Å². The standard InChI is InChI=1S/C28H44N2O5/c1-20(8-15-24-17-28(19-33-28)18-27(3,4)35-24)7-10-22-11-13-23(14-12-22)29-25(31)16-9-21(2)34-26(32)30(5)6/h7-9,15-16,21-24H,10-14,17-19H2,1-6H3,(H,29,31)/b15-8+,16-9-,20-7+/t21-,22?,23?,24+,28+/m0/s1. The Morgan fingerprint density at radius 1 is 1.17 bits per heavy atom. The summed E-state index contributed by atoms with van der Waals surface area (Å²) in [4.78, 5) is 25.1. The van der Waals surface area contributed by atoms with Crippen molar-refractivity contribution < 1.29 is 23.8 Å². The predicted molar refractivity (Wildman–Crippen MR) is 137 cm³/mol. The summed E-state index contributed by atoms with van der Waals surface area (Å²) in [7, 11) is 3.25. The number of rotatable bonds is 8. The van der Waals surface area contributed by atoms with Gasteiger partial charge < -0.3 is 24.4 Å². The zero-order chi connectivity index (χ0) is 25.6. The van der Waals surface area contributed by atoms with Gasteiger partial charge in [-0.05, 0) is 71.8 Å². The molecule has 1 aliphatic carbocycles. The van der Waals surface area contributed by atoms with Gasteiger partial charge in [0.15, 0.2) is 0 Å². The second kappa shape index (κ2) is 11.7. The molecule has 0 aromatic carbocycles. The summed E-state index contributed by atoms with van der Waals surface area (Å²) in [5.74, 6) is 0.522. The van der Waals surface area contributed by atoms with Crippen molar-refractivity contribution >= 4 is 12.0 Å². The molecule has 0 aromatic rings. The van der Waals surface area contributed by atoms with Crippen LogP contribution in [0.15, 0.2) is 36.0 Å². The first-order valence-corrected chi connectivity index (χ1v) is 13.0. The van der Waals surface area contributed by atoms with Crippen LogP contribution in [0.2, 0.25) is 0 Å². The summed E-state index contributed by atoms with van der Waals surface area (Å²) >= 11 is 0. The number of epoxide rings is 1. The van der Waals surface area contributed by atoms with Gasteiger partial charge in [-0.25, -0.2) is 4.79 Å². The number of hydrogen-bond acceptors (Lipinski definition) is 5. The molecule has 2 saturated heterocycles. The molecule has 0 aromatic heterocycles. The van der Waals surface area contributed by atoms with Crippen LogP contribution in [0.1, 0.15) is 72.6 Å². The van der Waals surface area contributed by atoms with Crippen LogP contribution < -0.4 is 5.32 Å². The van der Waals surface area contributed by atoms with Crippen LogP contribution >= 0.6 is 0 Å². The average Bonchev–Trinajstić information content (AvgIpc) is 3.51. The van der Waals surface area contributed by atoms with Crippen molar-refractivity contribution in [3.8, 4) is 0 Å². The highest BCUT2D eigenvalue weighted by molar-refractivity contribution is 5.87. The molecule has 0 radical (unpaired) electrons. The first kappa shape index (κ1) is 27.5. The lowest BCUT2D eigenvalue weighted by Gasteiger charge is -2.38. The highest BCUT2D eigenvalue weighted by Crippen LogP contribution is 2.46. The van der Waals surface area contributed by atoms with Crippen LogP contribution in [0.25, 0.3) is 0 Å². The van der Waals surface area contributed by atoms with Crippen LogP contribution in [0.5, 0.6) is 0 Å². The van der Waals surface area contributed by atoms with E-state index in [9.17, 15) is 9.59 Å². The van der Waals surface area contributed by atoms with Crippen molar-refractivity contribution in [3.63, 3.8) is 0 Å². The Kier molecular flexibility index (Phi) is 9.22. The van der Waals surface area contributed by atoms with Crippen molar-refractivity contribution in [1.82, 2.24) is 10.2 Å². The van der Waals surface area contributed by atoms with Gasteiger partial charge in [-0.1, -0.05) is 23.8 Å². The summed E-state index contributed by atoms with van der Waals surface area (Å²) in [6, 6.07) is 0.205. The lowest BCUT2D eigenvalue weighted by atomic mass is 9.83. The fourth-order valence-electron chi connectivity index (χ4n) is 5.14. The molecule has 2 heterocycles. The molecule has 196 valence electrons. The molecule has 7 nitrogen and oxygen atoms in total. The average molecular weight is 489 g/mol. The number of carbonyl (C=O) groups is 2. The topological polar surface area (TPSA) is 80.4 Å². The maximum atomic E-state index is 12.2. The fourth-order valence-corrected chi connectivity index (χ4v) is 5.14. The normalized spacial score (nSPS) is 31.5. The van der Waals surface area contributed by atoms with Crippen molar-refractivity contribution in [2.24, 2.45) is 5.92 Å². The molecule has 3 atom stereocenters. The van der Waals surface area contributed by atoms with Gasteiger partial charge in [-0.3, -0.25) is 4.79 Å². The van der Waals surface area contributed by atoms with Crippen molar-refractivity contribution in [2.75, 3.05) is 20.7 Å². The Bertz CT molecular complexity index is 826. The Morgan fingerprint density at radius 2 is 1.86 bits per heavy atom. The molecule has 1 saturated carbocycles.